The Bertz CT molecular complexity index is 1080. The first-order chi connectivity index (χ1) is 17.1. The summed E-state index contributed by atoms with van der Waals surface area (Å²) in [5.41, 5.74) is 2.56. The Hall–Kier alpha value is -3.62. The summed E-state index contributed by atoms with van der Waals surface area (Å²) in [6, 6.07) is 18.4. The summed E-state index contributed by atoms with van der Waals surface area (Å²) in [6.45, 7) is 5.11. The minimum Gasteiger partial charge on any atom is -0.497 e. The molecular weight excluding hydrogens is 446 g/mol. The van der Waals surface area contributed by atoms with Gasteiger partial charge in [0.1, 0.15) is 5.75 Å². The van der Waals surface area contributed by atoms with Crippen LogP contribution in [0.1, 0.15) is 21.7 Å². The van der Waals surface area contributed by atoms with Crippen molar-refractivity contribution in [3.63, 3.8) is 0 Å². The van der Waals surface area contributed by atoms with E-state index in [2.05, 4.69) is 10.2 Å². The second kappa shape index (κ2) is 12.2. The van der Waals surface area contributed by atoms with Crippen molar-refractivity contribution in [2.45, 2.75) is 13.0 Å². The zero-order chi connectivity index (χ0) is 24.5. The molecule has 2 amide bonds. The number of furan rings is 1. The molecule has 1 aliphatic heterocycles. The highest BCUT2D eigenvalue weighted by Gasteiger charge is 2.21. The number of nitrogens with zero attached hydrogens (tertiary/aromatic N) is 2. The average Bonchev–Trinajstić information content (AvgIpc) is 3.44. The molecule has 0 saturated carbocycles. The highest BCUT2D eigenvalue weighted by molar-refractivity contribution is 6.04. The van der Waals surface area contributed by atoms with E-state index in [9.17, 15) is 9.59 Å². The lowest BCUT2D eigenvalue weighted by molar-refractivity contribution is -0.120. The van der Waals surface area contributed by atoms with Crippen LogP contribution in [0.25, 0.3) is 0 Å². The highest BCUT2D eigenvalue weighted by Crippen LogP contribution is 2.22. The van der Waals surface area contributed by atoms with Crippen LogP contribution in [0.2, 0.25) is 0 Å². The standard InChI is InChI=1S/C27H31N3O5/c1-33-24-10-6-22(7-11-24)20-30(27(32)25-3-2-16-35-25)23-8-4-21(5-9-23)19-26(31)28-12-13-29-14-17-34-18-15-29/h2-11,16H,12-15,17-20H2,1H3,(H,28,31). The second-order valence-corrected chi connectivity index (χ2v) is 8.36. The third kappa shape index (κ3) is 6.94. The second-order valence-electron chi connectivity index (χ2n) is 8.36. The summed E-state index contributed by atoms with van der Waals surface area (Å²) in [7, 11) is 1.62. The van der Waals surface area contributed by atoms with Crippen molar-refractivity contribution in [1.82, 2.24) is 10.2 Å². The van der Waals surface area contributed by atoms with Crippen molar-refractivity contribution in [3.8, 4) is 5.75 Å². The molecular formula is C27H31N3O5. The van der Waals surface area contributed by atoms with Gasteiger partial charge in [-0.3, -0.25) is 14.5 Å². The monoisotopic (exact) mass is 477 g/mol. The lowest BCUT2D eigenvalue weighted by Gasteiger charge is -2.26. The molecule has 0 unspecified atom stereocenters. The normalized spacial score (nSPS) is 13.9. The van der Waals surface area contributed by atoms with Crippen LogP contribution in [0, 0.1) is 0 Å². The molecule has 3 aromatic rings. The molecule has 1 aliphatic rings. The van der Waals surface area contributed by atoms with Gasteiger partial charge in [-0.25, -0.2) is 0 Å². The molecule has 0 atom stereocenters. The van der Waals surface area contributed by atoms with Crippen LogP contribution in [-0.4, -0.2) is 63.2 Å². The summed E-state index contributed by atoms with van der Waals surface area (Å²) in [5.74, 6) is 0.764. The fourth-order valence-corrected chi connectivity index (χ4v) is 3.95. The number of ether oxygens (including phenoxy) is 2. The molecule has 0 bridgehead atoms. The number of carbonyl (C=O) groups excluding carboxylic acids is 2. The van der Waals surface area contributed by atoms with E-state index in [0.29, 0.717) is 13.1 Å². The number of carbonyl (C=O) groups is 2. The maximum Gasteiger partial charge on any atom is 0.294 e. The first-order valence-electron chi connectivity index (χ1n) is 11.8. The number of amides is 2. The molecule has 1 fully saturated rings. The lowest BCUT2D eigenvalue weighted by Crippen LogP contribution is -2.41. The Kier molecular flexibility index (Phi) is 8.53. The molecule has 1 saturated heterocycles. The van der Waals surface area contributed by atoms with Gasteiger partial charge in [0.25, 0.3) is 5.91 Å². The summed E-state index contributed by atoms with van der Waals surface area (Å²) in [4.78, 5) is 29.5. The van der Waals surface area contributed by atoms with Crippen LogP contribution < -0.4 is 15.0 Å². The van der Waals surface area contributed by atoms with Crippen molar-refractivity contribution < 1.29 is 23.5 Å². The molecule has 2 heterocycles. The number of anilines is 1. The van der Waals surface area contributed by atoms with Crippen LogP contribution in [0.4, 0.5) is 5.69 Å². The van der Waals surface area contributed by atoms with E-state index in [4.69, 9.17) is 13.9 Å². The largest absolute Gasteiger partial charge is 0.497 e. The molecule has 2 aromatic carbocycles. The van der Waals surface area contributed by atoms with Gasteiger partial charge in [0.15, 0.2) is 5.76 Å². The number of morpholine rings is 1. The molecule has 8 heteroatoms. The molecule has 0 aliphatic carbocycles. The van der Waals surface area contributed by atoms with Crippen LogP contribution in [0.3, 0.4) is 0 Å². The minimum atomic E-state index is -0.237. The summed E-state index contributed by atoms with van der Waals surface area (Å²) < 4.78 is 15.9. The number of methoxy groups -OCH3 is 1. The topological polar surface area (TPSA) is 84.2 Å². The third-order valence-electron chi connectivity index (χ3n) is 5.94. The maximum absolute atomic E-state index is 13.2. The van der Waals surface area contributed by atoms with E-state index in [1.165, 1.54) is 6.26 Å². The Labute approximate surface area is 205 Å². The lowest BCUT2D eigenvalue weighted by atomic mass is 10.1. The SMILES string of the molecule is COc1ccc(CN(C(=O)c2ccco2)c2ccc(CC(=O)NCCN3CCOCC3)cc2)cc1. The van der Waals surface area contributed by atoms with Gasteiger partial charge in [-0.1, -0.05) is 24.3 Å². The predicted octanol–water partition coefficient (Wildman–Crippen LogP) is 3.13. The van der Waals surface area contributed by atoms with Gasteiger partial charge in [0.05, 0.1) is 39.6 Å². The predicted molar refractivity (Wildman–Crippen MR) is 133 cm³/mol. The molecule has 0 radical (unpaired) electrons. The van der Waals surface area contributed by atoms with Gasteiger partial charge in [0, 0.05) is 31.9 Å². The molecule has 8 nitrogen and oxygen atoms in total. The van der Waals surface area contributed by atoms with Crippen molar-refractivity contribution in [3.05, 3.63) is 83.8 Å². The molecule has 0 spiro atoms. The minimum absolute atomic E-state index is 0.0206. The van der Waals surface area contributed by atoms with Crippen molar-refractivity contribution in [2.75, 3.05) is 51.4 Å². The maximum atomic E-state index is 13.2. The Morgan fingerprint density at radius 3 is 2.37 bits per heavy atom. The summed E-state index contributed by atoms with van der Waals surface area (Å²) in [6.07, 6.45) is 1.77. The fraction of sp³-hybridized carbons (Fsp3) is 0.333. The van der Waals surface area contributed by atoms with Crippen LogP contribution >= 0.6 is 0 Å². The van der Waals surface area contributed by atoms with E-state index in [1.54, 1.807) is 24.1 Å². The molecule has 184 valence electrons. The number of hydrogen-bond donors (Lipinski definition) is 1. The van der Waals surface area contributed by atoms with E-state index < -0.39 is 0 Å². The van der Waals surface area contributed by atoms with Gasteiger partial charge in [0.2, 0.25) is 5.91 Å². The molecule has 1 N–H and O–H groups in total. The zero-order valence-corrected chi connectivity index (χ0v) is 19.9. The molecule has 35 heavy (non-hydrogen) atoms. The first-order valence-corrected chi connectivity index (χ1v) is 11.8. The average molecular weight is 478 g/mol. The molecule has 1 aromatic heterocycles. The van der Waals surface area contributed by atoms with Gasteiger partial charge in [-0.15, -0.1) is 0 Å². The number of benzene rings is 2. The van der Waals surface area contributed by atoms with E-state index in [-0.39, 0.29) is 24.0 Å². The summed E-state index contributed by atoms with van der Waals surface area (Å²) >= 11 is 0. The van der Waals surface area contributed by atoms with E-state index >= 15 is 0 Å². The van der Waals surface area contributed by atoms with Crippen LogP contribution in [0.5, 0.6) is 5.75 Å². The zero-order valence-electron chi connectivity index (χ0n) is 19.9. The van der Waals surface area contributed by atoms with E-state index in [1.807, 2.05) is 48.5 Å². The van der Waals surface area contributed by atoms with Crippen LogP contribution in [0.15, 0.2) is 71.3 Å². The third-order valence-corrected chi connectivity index (χ3v) is 5.94. The molecule has 4 rings (SSSR count). The van der Waals surface area contributed by atoms with Crippen molar-refractivity contribution >= 4 is 17.5 Å². The van der Waals surface area contributed by atoms with Crippen molar-refractivity contribution in [2.24, 2.45) is 0 Å². The number of rotatable bonds is 10. The van der Waals surface area contributed by atoms with Crippen molar-refractivity contribution in [1.29, 1.82) is 0 Å². The van der Waals surface area contributed by atoms with E-state index in [0.717, 1.165) is 55.4 Å². The smallest absolute Gasteiger partial charge is 0.294 e. The Morgan fingerprint density at radius 1 is 1.00 bits per heavy atom. The number of nitrogens with one attached hydrogen (secondary N) is 1. The number of hydrogen-bond acceptors (Lipinski definition) is 6. The van der Waals surface area contributed by atoms with Gasteiger partial charge < -0.3 is 24.1 Å². The van der Waals surface area contributed by atoms with Gasteiger partial charge in [-0.2, -0.15) is 0 Å². The first kappa shape index (κ1) is 24.5. The van der Waals surface area contributed by atoms with Gasteiger partial charge >= 0.3 is 0 Å². The Morgan fingerprint density at radius 2 is 1.71 bits per heavy atom. The van der Waals surface area contributed by atoms with Gasteiger partial charge in [-0.05, 0) is 47.5 Å². The fourth-order valence-electron chi connectivity index (χ4n) is 3.95. The quantitative estimate of drug-likeness (QED) is 0.483. The summed E-state index contributed by atoms with van der Waals surface area (Å²) in [5, 5.41) is 2.99. The van der Waals surface area contributed by atoms with Crippen LogP contribution in [-0.2, 0) is 22.5 Å². The Balaban J connectivity index is 1.39. The highest BCUT2D eigenvalue weighted by atomic mass is 16.5.